The van der Waals surface area contributed by atoms with Gasteiger partial charge in [-0.25, -0.2) is 0 Å². The van der Waals surface area contributed by atoms with Crippen LogP contribution in [0.15, 0.2) is 0 Å². The predicted octanol–water partition coefficient (Wildman–Crippen LogP) is 2.19. The van der Waals surface area contributed by atoms with Crippen molar-refractivity contribution >= 4 is 30.1 Å². The summed E-state index contributed by atoms with van der Waals surface area (Å²) in [5.74, 6) is 3.86. The van der Waals surface area contributed by atoms with Crippen molar-refractivity contribution in [3.8, 4) is 0 Å². The molecule has 0 aromatic heterocycles. The highest BCUT2D eigenvalue weighted by molar-refractivity contribution is 7.99. The lowest BCUT2D eigenvalue weighted by Gasteiger charge is -2.22. The molecule has 3 N–H and O–H groups in total. The second kappa shape index (κ2) is 8.28. The van der Waals surface area contributed by atoms with Gasteiger partial charge >= 0.3 is 0 Å². The van der Waals surface area contributed by atoms with Gasteiger partial charge in [0.2, 0.25) is 5.91 Å². The summed E-state index contributed by atoms with van der Waals surface area (Å²) in [4.78, 5) is 11.8. The molecule has 0 aromatic rings. The minimum Gasteiger partial charge on any atom is -0.356 e. The van der Waals surface area contributed by atoms with Crippen LogP contribution in [0.5, 0.6) is 0 Å². The third-order valence-corrected chi connectivity index (χ3v) is 5.14. The fraction of sp³-hybridized carbons (Fsp3) is 0.923. The van der Waals surface area contributed by atoms with E-state index in [1.54, 1.807) is 0 Å². The van der Waals surface area contributed by atoms with E-state index in [1.165, 1.54) is 30.8 Å². The number of thioether (sulfide) groups is 1. The zero-order valence-electron chi connectivity index (χ0n) is 10.9. The summed E-state index contributed by atoms with van der Waals surface area (Å²) in [6.07, 6.45) is 6.58. The molecule has 1 saturated carbocycles. The zero-order valence-corrected chi connectivity index (χ0v) is 12.5. The first-order valence-electron chi connectivity index (χ1n) is 6.85. The van der Waals surface area contributed by atoms with Gasteiger partial charge in [-0.15, -0.1) is 12.4 Å². The number of halogens is 1. The molecular formula is C13H25ClN2OS. The molecule has 2 atom stereocenters. The van der Waals surface area contributed by atoms with Crippen LogP contribution >= 0.6 is 24.2 Å². The summed E-state index contributed by atoms with van der Waals surface area (Å²) in [5, 5.41) is 3.10. The molecule has 1 aliphatic carbocycles. The van der Waals surface area contributed by atoms with Crippen LogP contribution in [0.1, 0.15) is 38.5 Å². The van der Waals surface area contributed by atoms with Gasteiger partial charge in [0.25, 0.3) is 0 Å². The Morgan fingerprint density at radius 1 is 1.22 bits per heavy atom. The van der Waals surface area contributed by atoms with Crippen LogP contribution < -0.4 is 11.1 Å². The van der Waals surface area contributed by atoms with Gasteiger partial charge in [-0.05, 0) is 49.0 Å². The Labute approximate surface area is 120 Å². The maximum atomic E-state index is 11.8. The van der Waals surface area contributed by atoms with Crippen LogP contribution in [0.4, 0.5) is 0 Å². The van der Waals surface area contributed by atoms with Crippen LogP contribution in [0.2, 0.25) is 0 Å². The van der Waals surface area contributed by atoms with E-state index in [0.717, 1.165) is 19.4 Å². The molecule has 0 aromatic carbocycles. The normalized spacial score (nSPS) is 28.7. The van der Waals surface area contributed by atoms with Gasteiger partial charge in [-0.3, -0.25) is 4.79 Å². The molecule has 5 heteroatoms. The van der Waals surface area contributed by atoms with Crippen LogP contribution in [0.3, 0.4) is 0 Å². The van der Waals surface area contributed by atoms with Crippen molar-refractivity contribution in [3.05, 3.63) is 0 Å². The fourth-order valence-corrected chi connectivity index (χ4v) is 4.04. The van der Waals surface area contributed by atoms with Crippen molar-refractivity contribution in [1.82, 2.24) is 5.32 Å². The number of carbonyl (C=O) groups excluding carboxylic acids is 1. The van der Waals surface area contributed by atoms with Gasteiger partial charge in [0.15, 0.2) is 0 Å². The molecule has 1 amide bonds. The SMILES string of the molecule is Cl.N[C@@H]1CCC[C@H]1CC(=O)NCC1CCSCC1. The maximum absolute atomic E-state index is 11.8. The van der Waals surface area contributed by atoms with Crippen LogP contribution in [-0.4, -0.2) is 30.0 Å². The van der Waals surface area contributed by atoms with E-state index in [4.69, 9.17) is 5.73 Å². The number of carbonyl (C=O) groups is 1. The van der Waals surface area contributed by atoms with E-state index in [2.05, 4.69) is 5.32 Å². The van der Waals surface area contributed by atoms with E-state index in [-0.39, 0.29) is 24.4 Å². The minimum absolute atomic E-state index is 0. The number of hydrogen-bond acceptors (Lipinski definition) is 3. The molecule has 0 spiro atoms. The van der Waals surface area contributed by atoms with Crippen molar-refractivity contribution in [2.75, 3.05) is 18.1 Å². The van der Waals surface area contributed by atoms with E-state index in [9.17, 15) is 4.79 Å². The minimum atomic E-state index is 0. The highest BCUT2D eigenvalue weighted by Gasteiger charge is 2.26. The Balaban J connectivity index is 0.00000162. The summed E-state index contributed by atoms with van der Waals surface area (Å²) in [6.45, 7) is 0.876. The van der Waals surface area contributed by atoms with Crippen molar-refractivity contribution in [3.63, 3.8) is 0 Å². The van der Waals surface area contributed by atoms with Crippen molar-refractivity contribution in [2.45, 2.75) is 44.6 Å². The summed E-state index contributed by atoms with van der Waals surface area (Å²) in [7, 11) is 0. The Bertz CT molecular complexity index is 259. The molecule has 0 bridgehead atoms. The Hall–Kier alpha value is 0.0700. The quantitative estimate of drug-likeness (QED) is 0.835. The molecular weight excluding hydrogens is 268 g/mol. The first-order chi connectivity index (χ1) is 8.25. The van der Waals surface area contributed by atoms with Crippen LogP contribution in [0.25, 0.3) is 0 Å². The van der Waals surface area contributed by atoms with Gasteiger partial charge in [0, 0.05) is 19.0 Å². The Morgan fingerprint density at radius 2 is 1.94 bits per heavy atom. The summed E-state index contributed by atoms with van der Waals surface area (Å²) >= 11 is 2.03. The summed E-state index contributed by atoms with van der Waals surface area (Å²) < 4.78 is 0. The predicted molar refractivity (Wildman–Crippen MR) is 80.2 cm³/mol. The van der Waals surface area contributed by atoms with Crippen molar-refractivity contribution in [2.24, 2.45) is 17.6 Å². The van der Waals surface area contributed by atoms with Gasteiger partial charge < -0.3 is 11.1 Å². The largest absolute Gasteiger partial charge is 0.356 e. The number of hydrogen-bond donors (Lipinski definition) is 2. The number of rotatable bonds is 4. The van der Waals surface area contributed by atoms with E-state index < -0.39 is 0 Å². The van der Waals surface area contributed by atoms with Gasteiger partial charge in [0.05, 0.1) is 0 Å². The lowest BCUT2D eigenvalue weighted by atomic mass is 9.99. The highest BCUT2D eigenvalue weighted by atomic mass is 35.5. The summed E-state index contributed by atoms with van der Waals surface area (Å²) in [5.41, 5.74) is 5.98. The Morgan fingerprint density at radius 3 is 2.56 bits per heavy atom. The lowest BCUT2D eigenvalue weighted by molar-refractivity contribution is -0.122. The Kier molecular flexibility index (Phi) is 7.42. The number of nitrogens with one attached hydrogen (secondary N) is 1. The molecule has 0 unspecified atom stereocenters. The van der Waals surface area contributed by atoms with Crippen LogP contribution in [0, 0.1) is 11.8 Å². The second-order valence-corrected chi connectivity index (χ2v) is 6.64. The van der Waals surface area contributed by atoms with Crippen molar-refractivity contribution < 1.29 is 4.79 Å². The molecule has 0 radical (unpaired) electrons. The zero-order chi connectivity index (χ0) is 12.1. The molecule has 2 fully saturated rings. The molecule has 1 heterocycles. The standard InChI is InChI=1S/C13H24N2OS.ClH/c14-12-3-1-2-11(12)8-13(16)15-9-10-4-6-17-7-5-10;/h10-12H,1-9,14H2,(H,15,16);1H/t11-,12+;/m0./s1. The molecule has 106 valence electrons. The van der Waals surface area contributed by atoms with E-state index >= 15 is 0 Å². The summed E-state index contributed by atoms with van der Waals surface area (Å²) in [6, 6.07) is 0.256. The molecule has 2 aliphatic rings. The number of amides is 1. The maximum Gasteiger partial charge on any atom is 0.220 e. The lowest BCUT2D eigenvalue weighted by Crippen LogP contribution is -2.34. The van der Waals surface area contributed by atoms with Gasteiger partial charge in [-0.2, -0.15) is 11.8 Å². The van der Waals surface area contributed by atoms with Crippen LogP contribution in [-0.2, 0) is 4.79 Å². The second-order valence-electron chi connectivity index (χ2n) is 5.42. The third kappa shape index (κ3) is 4.98. The van der Waals surface area contributed by atoms with Crippen molar-refractivity contribution in [1.29, 1.82) is 0 Å². The molecule has 18 heavy (non-hydrogen) atoms. The average molecular weight is 293 g/mol. The van der Waals surface area contributed by atoms with E-state index in [0.29, 0.717) is 18.3 Å². The third-order valence-electron chi connectivity index (χ3n) is 4.09. The monoisotopic (exact) mass is 292 g/mol. The fourth-order valence-electron chi connectivity index (χ4n) is 2.84. The molecule has 1 aliphatic heterocycles. The molecule has 3 nitrogen and oxygen atoms in total. The van der Waals surface area contributed by atoms with Gasteiger partial charge in [-0.1, -0.05) is 6.42 Å². The molecule has 2 rings (SSSR count). The first-order valence-corrected chi connectivity index (χ1v) is 8.01. The average Bonchev–Trinajstić information content (AvgIpc) is 2.74. The van der Waals surface area contributed by atoms with E-state index in [1.807, 2.05) is 11.8 Å². The molecule has 1 saturated heterocycles. The first kappa shape index (κ1) is 16.1. The highest BCUT2D eigenvalue weighted by Crippen LogP contribution is 2.27. The topological polar surface area (TPSA) is 55.1 Å². The van der Waals surface area contributed by atoms with Gasteiger partial charge in [0.1, 0.15) is 0 Å². The smallest absolute Gasteiger partial charge is 0.220 e. The number of nitrogens with two attached hydrogens (primary N) is 1.